The summed E-state index contributed by atoms with van der Waals surface area (Å²) in [5, 5.41) is 0. The molecule has 0 saturated heterocycles. The molecule has 0 N–H and O–H groups in total. The van der Waals surface area contributed by atoms with Gasteiger partial charge in [0.2, 0.25) is 0 Å². The van der Waals surface area contributed by atoms with E-state index in [1.807, 2.05) is 0 Å². The molecule has 92 valence electrons. The van der Waals surface area contributed by atoms with Gasteiger partial charge in [-0.1, -0.05) is 0 Å². The van der Waals surface area contributed by atoms with Crippen LogP contribution >= 0.6 is 0 Å². The molecule has 0 fully saturated rings. The van der Waals surface area contributed by atoms with Crippen molar-refractivity contribution in [1.29, 1.82) is 0 Å². The second-order valence-electron chi connectivity index (χ2n) is 4.03. The molecule has 1 heterocycles. The zero-order valence-electron chi connectivity index (χ0n) is 10.1. The van der Waals surface area contributed by atoms with E-state index in [9.17, 15) is 9.59 Å². The molecule has 0 unspecified atom stereocenters. The highest BCUT2D eigenvalue weighted by atomic mass is 16.5. The van der Waals surface area contributed by atoms with Crippen LogP contribution in [0.15, 0.2) is 18.2 Å². The number of terminal acetylenes is 1. The van der Waals surface area contributed by atoms with Crippen LogP contribution in [0, 0.1) is 12.3 Å². The molecule has 1 aliphatic rings. The number of carbonyl (C=O) groups is 2. The summed E-state index contributed by atoms with van der Waals surface area (Å²) in [5.74, 6) is 2.56. The molecule has 0 radical (unpaired) electrons. The summed E-state index contributed by atoms with van der Waals surface area (Å²) in [7, 11) is 1.47. The summed E-state index contributed by atoms with van der Waals surface area (Å²) in [6, 6.07) is 4.92. The van der Waals surface area contributed by atoms with Gasteiger partial charge in [-0.2, -0.15) is 0 Å². The first-order valence-corrected chi connectivity index (χ1v) is 5.68. The van der Waals surface area contributed by atoms with Crippen molar-refractivity contribution < 1.29 is 14.3 Å². The Morgan fingerprint density at radius 1 is 1.28 bits per heavy atom. The normalized spacial score (nSPS) is 13.4. The maximum atomic E-state index is 11.8. The van der Waals surface area contributed by atoms with Crippen LogP contribution in [0.5, 0.6) is 5.75 Å². The number of unbranched alkanes of at least 4 members (excludes halogenated alkanes) is 1. The van der Waals surface area contributed by atoms with Crippen molar-refractivity contribution in [2.24, 2.45) is 0 Å². The molecule has 0 aliphatic carbocycles. The first-order valence-electron chi connectivity index (χ1n) is 5.68. The van der Waals surface area contributed by atoms with Gasteiger partial charge in [0.05, 0.1) is 17.7 Å². The Bertz CT molecular complexity index is 542. The highest BCUT2D eigenvalue weighted by Gasteiger charge is 2.32. The van der Waals surface area contributed by atoms with E-state index in [4.69, 9.17) is 11.2 Å². The number of hydrogen-bond donors (Lipinski definition) is 0. The maximum absolute atomic E-state index is 11.8. The van der Waals surface area contributed by atoms with Gasteiger partial charge in [-0.3, -0.25) is 14.5 Å². The largest absolute Gasteiger partial charge is 0.494 e. The number of benzene rings is 1. The minimum Gasteiger partial charge on any atom is -0.494 e. The molecule has 2 rings (SSSR count). The van der Waals surface area contributed by atoms with E-state index in [0.29, 0.717) is 29.9 Å². The summed E-state index contributed by atoms with van der Waals surface area (Å²) in [4.78, 5) is 24.5. The van der Waals surface area contributed by atoms with Gasteiger partial charge in [0.15, 0.2) is 0 Å². The number of hydrogen-bond acceptors (Lipinski definition) is 3. The Morgan fingerprint density at radius 2 is 2.00 bits per heavy atom. The smallest absolute Gasteiger partial charge is 0.261 e. The van der Waals surface area contributed by atoms with Crippen molar-refractivity contribution in [2.75, 3.05) is 13.7 Å². The van der Waals surface area contributed by atoms with Crippen molar-refractivity contribution >= 4 is 11.8 Å². The van der Waals surface area contributed by atoms with Crippen LogP contribution in [0.2, 0.25) is 0 Å². The van der Waals surface area contributed by atoms with Crippen molar-refractivity contribution in [3.8, 4) is 18.1 Å². The van der Waals surface area contributed by atoms with Crippen LogP contribution in [0.3, 0.4) is 0 Å². The lowest BCUT2D eigenvalue weighted by molar-refractivity contribution is 0.0693. The second kappa shape index (κ2) is 4.92. The highest BCUT2D eigenvalue weighted by molar-refractivity contribution is 6.21. The molecule has 2 amide bonds. The Morgan fingerprint density at radius 3 is 2.72 bits per heavy atom. The molecule has 4 nitrogen and oxygen atoms in total. The lowest BCUT2D eigenvalue weighted by Gasteiger charge is -2.05. The lowest BCUT2D eigenvalue weighted by atomic mass is 10.1. The summed E-state index contributed by atoms with van der Waals surface area (Å²) in [6.45, 7) is 0.501. The molecule has 0 atom stereocenters. The van der Waals surface area contributed by atoms with Gasteiger partial charge in [0, 0.05) is 13.5 Å². The summed E-state index contributed by atoms with van der Waals surface area (Å²) in [6.07, 6.45) is 6.56. The molecule has 1 aliphatic heterocycles. The fraction of sp³-hybridized carbons (Fsp3) is 0.286. The molecule has 0 saturated carbocycles. The average molecular weight is 243 g/mol. The standard InChI is InChI=1S/C14H13NO3/c1-3-4-5-8-18-10-6-7-11-12(9-10)14(17)15(2)13(11)16/h1,6-7,9H,4-5,8H2,2H3. The van der Waals surface area contributed by atoms with Crippen molar-refractivity contribution in [3.05, 3.63) is 29.3 Å². The fourth-order valence-corrected chi connectivity index (χ4v) is 1.79. The summed E-state index contributed by atoms with van der Waals surface area (Å²) >= 11 is 0. The lowest BCUT2D eigenvalue weighted by Crippen LogP contribution is -2.24. The molecule has 0 aromatic heterocycles. The van der Waals surface area contributed by atoms with Crippen LogP contribution < -0.4 is 4.74 Å². The first-order chi connectivity index (χ1) is 8.65. The van der Waals surface area contributed by atoms with E-state index < -0.39 is 0 Å². The monoisotopic (exact) mass is 243 g/mol. The number of ether oxygens (including phenoxy) is 1. The molecule has 1 aromatic carbocycles. The van der Waals surface area contributed by atoms with Gasteiger partial charge in [-0.05, 0) is 24.6 Å². The second-order valence-corrected chi connectivity index (χ2v) is 4.03. The van der Waals surface area contributed by atoms with Gasteiger partial charge in [-0.15, -0.1) is 12.3 Å². The van der Waals surface area contributed by atoms with E-state index in [0.717, 1.165) is 11.3 Å². The summed E-state index contributed by atoms with van der Waals surface area (Å²) < 4.78 is 5.47. The number of rotatable bonds is 4. The highest BCUT2D eigenvalue weighted by Crippen LogP contribution is 2.25. The predicted octanol–water partition coefficient (Wildman–Crippen LogP) is 1.70. The third kappa shape index (κ3) is 2.07. The topological polar surface area (TPSA) is 46.6 Å². The van der Waals surface area contributed by atoms with Crippen LogP contribution in [-0.2, 0) is 0 Å². The zero-order valence-corrected chi connectivity index (χ0v) is 10.1. The van der Waals surface area contributed by atoms with E-state index in [-0.39, 0.29) is 11.8 Å². The Balaban J connectivity index is 2.12. The molecule has 18 heavy (non-hydrogen) atoms. The fourth-order valence-electron chi connectivity index (χ4n) is 1.79. The Labute approximate surface area is 106 Å². The van der Waals surface area contributed by atoms with Crippen LogP contribution in [0.1, 0.15) is 33.6 Å². The quantitative estimate of drug-likeness (QED) is 0.459. The van der Waals surface area contributed by atoms with Gasteiger partial charge < -0.3 is 4.74 Å². The molecular weight excluding hydrogens is 230 g/mol. The first kappa shape index (κ1) is 12.2. The zero-order chi connectivity index (χ0) is 13.1. The SMILES string of the molecule is C#CCCCOc1ccc2c(c1)C(=O)N(C)C2=O. The maximum Gasteiger partial charge on any atom is 0.261 e. The molecule has 0 bridgehead atoms. The molecular formula is C14H13NO3. The third-order valence-corrected chi connectivity index (χ3v) is 2.80. The van der Waals surface area contributed by atoms with E-state index in [1.54, 1.807) is 18.2 Å². The third-order valence-electron chi connectivity index (χ3n) is 2.80. The number of carbonyl (C=O) groups excluding carboxylic acids is 2. The van der Waals surface area contributed by atoms with Gasteiger partial charge in [0.1, 0.15) is 5.75 Å². The average Bonchev–Trinajstić information content (AvgIpc) is 2.60. The van der Waals surface area contributed by atoms with E-state index in [1.165, 1.54) is 7.05 Å². The summed E-state index contributed by atoms with van der Waals surface area (Å²) in [5.41, 5.74) is 0.829. The Hall–Kier alpha value is -2.28. The minimum atomic E-state index is -0.288. The number of imide groups is 1. The van der Waals surface area contributed by atoms with Gasteiger partial charge in [0.25, 0.3) is 11.8 Å². The molecule has 1 aromatic rings. The van der Waals surface area contributed by atoms with E-state index >= 15 is 0 Å². The van der Waals surface area contributed by atoms with Gasteiger partial charge in [-0.25, -0.2) is 0 Å². The number of nitrogens with zero attached hydrogens (tertiary/aromatic N) is 1. The minimum absolute atomic E-state index is 0.270. The van der Waals surface area contributed by atoms with Crippen molar-refractivity contribution in [2.45, 2.75) is 12.8 Å². The van der Waals surface area contributed by atoms with Crippen molar-refractivity contribution in [1.82, 2.24) is 4.90 Å². The Kier molecular flexibility index (Phi) is 3.33. The van der Waals surface area contributed by atoms with E-state index in [2.05, 4.69) is 5.92 Å². The number of fused-ring (bicyclic) bond motifs is 1. The predicted molar refractivity (Wildman–Crippen MR) is 66.4 cm³/mol. The molecule has 4 heteroatoms. The molecule has 0 spiro atoms. The number of amides is 2. The van der Waals surface area contributed by atoms with Crippen molar-refractivity contribution in [3.63, 3.8) is 0 Å². The van der Waals surface area contributed by atoms with Crippen LogP contribution in [0.25, 0.3) is 0 Å². The van der Waals surface area contributed by atoms with Gasteiger partial charge >= 0.3 is 0 Å². The van der Waals surface area contributed by atoms with Crippen LogP contribution in [-0.4, -0.2) is 30.4 Å². The van der Waals surface area contributed by atoms with Crippen LogP contribution in [0.4, 0.5) is 0 Å².